The van der Waals surface area contributed by atoms with Gasteiger partial charge in [-0.1, -0.05) is 19.4 Å². The van der Waals surface area contributed by atoms with Gasteiger partial charge in [0.05, 0.1) is 31.2 Å². The van der Waals surface area contributed by atoms with Crippen LogP contribution >= 0.6 is 0 Å². The Balaban J connectivity index is 2.07. The number of imidazole rings is 1. The first-order valence-electron chi connectivity index (χ1n) is 8.76. The lowest BCUT2D eigenvalue weighted by atomic mass is 10.1. The van der Waals surface area contributed by atoms with Crippen LogP contribution in [0.25, 0.3) is 5.65 Å². The molecular weight excluding hydrogens is 362 g/mol. The van der Waals surface area contributed by atoms with E-state index in [1.165, 1.54) is 26.4 Å². The van der Waals surface area contributed by atoms with Crippen LogP contribution in [0.5, 0.6) is 11.5 Å². The number of ether oxygens (including phenoxy) is 2. The van der Waals surface area contributed by atoms with Gasteiger partial charge in [0.1, 0.15) is 11.3 Å². The Morgan fingerprint density at radius 3 is 2.54 bits per heavy atom. The summed E-state index contributed by atoms with van der Waals surface area (Å²) in [5.41, 5.74) is 1.70. The maximum absolute atomic E-state index is 13.1. The summed E-state index contributed by atoms with van der Waals surface area (Å²) in [4.78, 5) is 29.3. The van der Waals surface area contributed by atoms with Crippen LogP contribution in [0.1, 0.15) is 39.9 Å². The average Bonchev–Trinajstić information content (AvgIpc) is 3.05. The van der Waals surface area contributed by atoms with Crippen molar-refractivity contribution in [3.8, 4) is 11.5 Å². The predicted octanol–water partition coefficient (Wildman–Crippen LogP) is 3.25. The third-order valence-electron chi connectivity index (χ3n) is 4.31. The number of benzene rings is 1. The number of pyridine rings is 1. The molecule has 2 aromatic heterocycles. The minimum Gasteiger partial charge on any atom is -0.493 e. The van der Waals surface area contributed by atoms with E-state index < -0.39 is 11.9 Å². The molecule has 28 heavy (non-hydrogen) atoms. The van der Waals surface area contributed by atoms with Gasteiger partial charge < -0.3 is 19.9 Å². The Kier molecular flexibility index (Phi) is 5.49. The summed E-state index contributed by atoms with van der Waals surface area (Å²) in [6, 6.07) is 8.22. The highest BCUT2D eigenvalue weighted by molar-refractivity contribution is 6.08. The van der Waals surface area contributed by atoms with Crippen molar-refractivity contribution in [2.75, 3.05) is 19.5 Å². The molecule has 8 heteroatoms. The van der Waals surface area contributed by atoms with Gasteiger partial charge in [-0.25, -0.2) is 9.78 Å². The van der Waals surface area contributed by atoms with Crippen molar-refractivity contribution in [3.05, 3.63) is 53.5 Å². The number of nitrogens with zero attached hydrogens (tertiary/aromatic N) is 2. The van der Waals surface area contributed by atoms with Crippen molar-refractivity contribution in [1.82, 2.24) is 9.38 Å². The van der Waals surface area contributed by atoms with E-state index in [0.29, 0.717) is 29.2 Å². The van der Waals surface area contributed by atoms with E-state index in [9.17, 15) is 14.7 Å². The predicted molar refractivity (Wildman–Crippen MR) is 104 cm³/mol. The topological polar surface area (TPSA) is 102 Å². The van der Waals surface area contributed by atoms with E-state index >= 15 is 0 Å². The number of carbonyl (C=O) groups excluding carboxylic acids is 1. The van der Waals surface area contributed by atoms with Gasteiger partial charge in [0.15, 0.2) is 11.5 Å². The number of aromatic carboxylic acids is 1. The van der Waals surface area contributed by atoms with Gasteiger partial charge in [-0.15, -0.1) is 0 Å². The number of aryl methyl sites for hydroxylation is 1. The van der Waals surface area contributed by atoms with Crippen LogP contribution in [-0.2, 0) is 6.42 Å². The lowest BCUT2D eigenvalue weighted by molar-refractivity contribution is 0.0697. The van der Waals surface area contributed by atoms with E-state index in [2.05, 4.69) is 10.3 Å². The number of carboxylic acids is 1. The Labute approximate surface area is 161 Å². The van der Waals surface area contributed by atoms with Crippen molar-refractivity contribution in [1.29, 1.82) is 0 Å². The fourth-order valence-electron chi connectivity index (χ4n) is 3.04. The number of aromatic nitrogens is 2. The monoisotopic (exact) mass is 383 g/mol. The molecule has 0 aliphatic rings. The second-order valence-corrected chi connectivity index (χ2v) is 6.10. The second-order valence-electron chi connectivity index (χ2n) is 6.10. The molecule has 0 aliphatic carbocycles. The first-order chi connectivity index (χ1) is 13.5. The van der Waals surface area contributed by atoms with Crippen LogP contribution < -0.4 is 14.8 Å². The van der Waals surface area contributed by atoms with Gasteiger partial charge in [-0.05, 0) is 18.6 Å². The van der Waals surface area contributed by atoms with Crippen LogP contribution in [0.15, 0.2) is 36.5 Å². The number of hydrogen-bond donors (Lipinski definition) is 2. The van der Waals surface area contributed by atoms with Crippen molar-refractivity contribution < 1.29 is 24.2 Å². The zero-order valence-corrected chi connectivity index (χ0v) is 15.9. The molecule has 8 nitrogen and oxygen atoms in total. The number of fused-ring (bicyclic) bond motifs is 1. The number of methoxy groups -OCH3 is 2. The standard InChI is InChI=1S/C20H21N3O5/c1-4-7-13-18(23-9-6-5-8-17(23)21-13)19(24)22-14-11-16(28-3)15(27-2)10-12(14)20(25)26/h5-6,8-11H,4,7H2,1-3H3,(H,22,24)(H,25,26). The van der Waals surface area contributed by atoms with Crippen molar-refractivity contribution in [2.45, 2.75) is 19.8 Å². The third-order valence-corrected chi connectivity index (χ3v) is 4.31. The summed E-state index contributed by atoms with van der Waals surface area (Å²) in [5.74, 6) is -1.06. The van der Waals surface area contributed by atoms with Crippen molar-refractivity contribution in [2.24, 2.45) is 0 Å². The van der Waals surface area contributed by atoms with Crippen LogP contribution in [0.4, 0.5) is 5.69 Å². The van der Waals surface area contributed by atoms with E-state index in [0.717, 1.165) is 6.42 Å². The van der Waals surface area contributed by atoms with Crippen LogP contribution in [0.2, 0.25) is 0 Å². The van der Waals surface area contributed by atoms with Crippen LogP contribution in [-0.4, -0.2) is 40.6 Å². The zero-order valence-electron chi connectivity index (χ0n) is 15.9. The molecule has 0 unspecified atom stereocenters. The summed E-state index contributed by atoms with van der Waals surface area (Å²) >= 11 is 0. The van der Waals surface area contributed by atoms with E-state index in [4.69, 9.17) is 9.47 Å². The minimum atomic E-state index is -1.19. The highest BCUT2D eigenvalue weighted by Crippen LogP contribution is 2.33. The minimum absolute atomic E-state index is 0.100. The summed E-state index contributed by atoms with van der Waals surface area (Å²) in [6.45, 7) is 2.00. The summed E-state index contributed by atoms with van der Waals surface area (Å²) < 4.78 is 12.1. The lowest BCUT2D eigenvalue weighted by Crippen LogP contribution is -2.18. The normalized spacial score (nSPS) is 10.7. The Bertz CT molecular complexity index is 1040. The third kappa shape index (κ3) is 3.48. The molecule has 3 aromatic rings. The average molecular weight is 383 g/mol. The summed E-state index contributed by atoms with van der Waals surface area (Å²) in [7, 11) is 2.85. The Morgan fingerprint density at radius 1 is 1.18 bits per heavy atom. The molecule has 2 N–H and O–H groups in total. The molecular formula is C20H21N3O5. The largest absolute Gasteiger partial charge is 0.493 e. The van der Waals surface area contributed by atoms with Gasteiger partial charge in [0.25, 0.3) is 5.91 Å². The summed E-state index contributed by atoms with van der Waals surface area (Å²) in [6.07, 6.45) is 3.20. The van der Waals surface area contributed by atoms with Crippen LogP contribution in [0, 0.1) is 0 Å². The molecule has 0 aliphatic heterocycles. The van der Waals surface area contributed by atoms with E-state index in [1.54, 1.807) is 16.7 Å². The fourth-order valence-corrected chi connectivity index (χ4v) is 3.04. The number of amides is 1. The molecule has 1 amide bonds. The van der Waals surface area contributed by atoms with Gasteiger partial charge in [-0.2, -0.15) is 0 Å². The Hall–Kier alpha value is -3.55. The van der Waals surface area contributed by atoms with Gasteiger partial charge in [0.2, 0.25) is 0 Å². The highest BCUT2D eigenvalue weighted by Gasteiger charge is 2.22. The summed E-state index contributed by atoms with van der Waals surface area (Å²) in [5, 5.41) is 12.2. The number of carboxylic acid groups (broad SMARTS) is 1. The maximum atomic E-state index is 13.1. The molecule has 0 saturated heterocycles. The Morgan fingerprint density at radius 2 is 1.89 bits per heavy atom. The van der Waals surface area contributed by atoms with Crippen molar-refractivity contribution >= 4 is 23.2 Å². The first kappa shape index (κ1) is 19.2. The van der Waals surface area contributed by atoms with Gasteiger partial charge >= 0.3 is 5.97 Å². The van der Waals surface area contributed by atoms with Gasteiger partial charge in [0, 0.05) is 18.3 Å². The molecule has 0 atom stereocenters. The van der Waals surface area contributed by atoms with Crippen LogP contribution in [0.3, 0.4) is 0 Å². The smallest absolute Gasteiger partial charge is 0.337 e. The molecule has 2 heterocycles. The van der Waals surface area contributed by atoms with Crippen molar-refractivity contribution in [3.63, 3.8) is 0 Å². The molecule has 0 saturated carbocycles. The highest BCUT2D eigenvalue weighted by atomic mass is 16.5. The molecule has 0 radical (unpaired) electrons. The number of hydrogen-bond acceptors (Lipinski definition) is 5. The number of rotatable bonds is 7. The molecule has 1 aromatic carbocycles. The molecule has 146 valence electrons. The molecule has 0 spiro atoms. The maximum Gasteiger partial charge on any atom is 0.337 e. The lowest BCUT2D eigenvalue weighted by Gasteiger charge is -2.14. The zero-order chi connectivity index (χ0) is 20.3. The quantitative estimate of drug-likeness (QED) is 0.649. The fraction of sp³-hybridized carbons (Fsp3) is 0.250. The molecule has 0 fully saturated rings. The first-order valence-corrected chi connectivity index (χ1v) is 8.76. The second kappa shape index (κ2) is 7.99. The van der Waals surface area contributed by atoms with E-state index in [-0.39, 0.29) is 17.0 Å². The molecule has 3 rings (SSSR count). The number of carbonyl (C=O) groups is 2. The number of nitrogens with one attached hydrogen (secondary N) is 1. The molecule has 0 bridgehead atoms. The van der Waals surface area contributed by atoms with Gasteiger partial charge in [-0.3, -0.25) is 9.20 Å². The SMILES string of the molecule is CCCc1nc2ccccn2c1C(=O)Nc1cc(OC)c(OC)cc1C(=O)O. The van der Waals surface area contributed by atoms with E-state index in [1.807, 2.05) is 19.1 Å². The number of anilines is 1.